The van der Waals surface area contributed by atoms with Crippen molar-refractivity contribution in [2.45, 2.75) is 39.7 Å². The molecule has 1 aromatic carbocycles. The minimum Gasteiger partial charge on any atom is -0.504 e. The number of Topliss-reactive ketones (excluding diaryl/α,β-unsaturated/α-hetero) is 1. The van der Waals surface area contributed by atoms with E-state index in [1.54, 1.807) is 0 Å². The zero-order valence-electron chi connectivity index (χ0n) is 16.0. The van der Waals surface area contributed by atoms with Gasteiger partial charge in [-0.25, -0.2) is 0 Å². The summed E-state index contributed by atoms with van der Waals surface area (Å²) in [6, 6.07) is 8.85. The normalized spacial score (nSPS) is 27.6. The molecule has 26 heavy (non-hydrogen) atoms. The SMILES string of the molecule is CC(C)=C1C(=O)C(O)=C1/C=C1/N(C)C2C=Cc3ccccc3C2C1(C)C. The van der Waals surface area contributed by atoms with Gasteiger partial charge in [-0.3, -0.25) is 4.79 Å². The van der Waals surface area contributed by atoms with E-state index in [2.05, 4.69) is 62.2 Å². The summed E-state index contributed by atoms with van der Waals surface area (Å²) in [5, 5.41) is 10.1. The van der Waals surface area contributed by atoms with Gasteiger partial charge in [0.25, 0.3) is 0 Å². The molecule has 3 aliphatic rings. The van der Waals surface area contributed by atoms with Crippen LogP contribution in [0.1, 0.15) is 44.7 Å². The molecule has 3 heteroatoms. The summed E-state index contributed by atoms with van der Waals surface area (Å²) in [5.74, 6) is -0.00435. The summed E-state index contributed by atoms with van der Waals surface area (Å²) >= 11 is 0. The summed E-state index contributed by atoms with van der Waals surface area (Å²) in [6.07, 6.45) is 6.50. The van der Waals surface area contributed by atoms with Crippen molar-refractivity contribution >= 4 is 11.9 Å². The highest BCUT2D eigenvalue weighted by Gasteiger charge is 2.50. The maximum absolute atomic E-state index is 12.0. The third-order valence-electron chi connectivity index (χ3n) is 6.16. The maximum Gasteiger partial charge on any atom is 0.228 e. The number of nitrogens with zero attached hydrogens (tertiary/aromatic N) is 1. The van der Waals surface area contributed by atoms with E-state index in [0.29, 0.717) is 17.1 Å². The van der Waals surface area contributed by atoms with Gasteiger partial charge in [0, 0.05) is 35.2 Å². The van der Waals surface area contributed by atoms with Crippen LogP contribution in [0.4, 0.5) is 0 Å². The van der Waals surface area contributed by atoms with Gasteiger partial charge in [0.1, 0.15) is 0 Å². The summed E-state index contributed by atoms with van der Waals surface area (Å²) < 4.78 is 0. The van der Waals surface area contributed by atoms with Gasteiger partial charge in [-0.1, -0.05) is 55.8 Å². The van der Waals surface area contributed by atoms with Gasteiger partial charge < -0.3 is 10.0 Å². The van der Waals surface area contributed by atoms with Crippen molar-refractivity contribution in [1.29, 1.82) is 0 Å². The second-order valence-electron chi connectivity index (χ2n) is 8.28. The second-order valence-corrected chi connectivity index (χ2v) is 8.28. The Morgan fingerprint density at radius 2 is 1.92 bits per heavy atom. The minimum atomic E-state index is -0.238. The van der Waals surface area contributed by atoms with Gasteiger partial charge >= 0.3 is 0 Å². The van der Waals surface area contributed by atoms with Crippen molar-refractivity contribution in [2.75, 3.05) is 7.05 Å². The molecular formula is C23H25NO2. The molecule has 1 fully saturated rings. The van der Waals surface area contributed by atoms with Gasteiger partial charge in [0.2, 0.25) is 5.78 Å². The van der Waals surface area contributed by atoms with Crippen LogP contribution in [0.2, 0.25) is 0 Å². The fourth-order valence-electron chi connectivity index (χ4n) is 4.87. The topological polar surface area (TPSA) is 40.5 Å². The predicted molar refractivity (Wildman–Crippen MR) is 105 cm³/mol. The van der Waals surface area contributed by atoms with Gasteiger partial charge in [-0.15, -0.1) is 0 Å². The van der Waals surface area contributed by atoms with E-state index in [1.165, 1.54) is 11.1 Å². The fourth-order valence-corrected chi connectivity index (χ4v) is 4.87. The molecule has 1 N–H and O–H groups in total. The maximum atomic E-state index is 12.0. The molecule has 0 amide bonds. The van der Waals surface area contributed by atoms with Crippen molar-refractivity contribution in [1.82, 2.24) is 4.90 Å². The Balaban J connectivity index is 1.85. The first kappa shape index (κ1) is 16.9. The molecule has 2 aliphatic carbocycles. The van der Waals surface area contributed by atoms with Crippen LogP contribution in [0.25, 0.3) is 6.08 Å². The summed E-state index contributed by atoms with van der Waals surface area (Å²) in [7, 11) is 2.11. The lowest BCUT2D eigenvalue weighted by atomic mass is 9.69. The van der Waals surface area contributed by atoms with Crippen LogP contribution >= 0.6 is 0 Å². The molecule has 1 aromatic rings. The van der Waals surface area contributed by atoms with Crippen LogP contribution in [-0.4, -0.2) is 28.9 Å². The number of aliphatic hydroxyl groups is 1. The van der Waals surface area contributed by atoms with Crippen molar-refractivity contribution in [3.8, 4) is 0 Å². The number of hydrogen-bond acceptors (Lipinski definition) is 3. The smallest absolute Gasteiger partial charge is 0.228 e. The van der Waals surface area contributed by atoms with Crippen molar-refractivity contribution in [2.24, 2.45) is 5.41 Å². The minimum absolute atomic E-state index is 0.108. The Labute approximate surface area is 155 Å². The average molecular weight is 347 g/mol. The molecule has 1 heterocycles. The molecule has 0 bridgehead atoms. The van der Waals surface area contributed by atoms with E-state index in [4.69, 9.17) is 0 Å². The molecule has 4 rings (SSSR count). The number of hydrogen-bond donors (Lipinski definition) is 1. The zero-order valence-corrected chi connectivity index (χ0v) is 16.0. The van der Waals surface area contributed by atoms with E-state index in [9.17, 15) is 9.90 Å². The number of fused-ring (bicyclic) bond motifs is 3. The molecule has 0 spiro atoms. The highest BCUT2D eigenvalue weighted by molar-refractivity contribution is 6.19. The lowest BCUT2D eigenvalue weighted by Crippen LogP contribution is -2.29. The molecule has 1 saturated heterocycles. The Hall–Kier alpha value is -2.55. The number of carbonyl (C=O) groups is 1. The van der Waals surface area contributed by atoms with Crippen LogP contribution in [0.3, 0.4) is 0 Å². The Kier molecular flexibility index (Phi) is 3.56. The quantitative estimate of drug-likeness (QED) is 0.745. The van der Waals surface area contributed by atoms with Crippen LogP contribution in [0, 0.1) is 5.41 Å². The van der Waals surface area contributed by atoms with E-state index < -0.39 is 0 Å². The Morgan fingerprint density at radius 1 is 1.23 bits per heavy atom. The number of rotatable bonds is 1. The zero-order chi connectivity index (χ0) is 18.8. The van der Waals surface area contributed by atoms with Crippen LogP contribution in [0.15, 0.2) is 64.6 Å². The molecular weight excluding hydrogens is 322 g/mol. The Morgan fingerprint density at radius 3 is 2.62 bits per heavy atom. The van der Waals surface area contributed by atoms with Crippen LogP contribution < -0.4 is 0 Å². The van der Waals surface area contributed by atoms with Gasteiger partial charge in [-0.05, 0) is 31.1 Å². The highest BCUT2D eigenvalue weighted by atomic mass is 16.3. The van der Waals surface area contributed by atoms with Crippen LogP contribution in [-0.2, 0) is 4.79 Å². The number of aliphatic hydroxyl groups excluding tert-OH is 1. The lowest BCUT2D eigenvalue weighted by molar-refractivity contribution is -0.115. The first-order valence-corrected chi connectivity index (χ1v) is 9.13. The van der Waals surface area contributed by atoms with E-state index in [1.807, 2.05) is 19.9 Å². The molecule has 2 atom stereocenters. The third-order valence-corrected chi connectivity index (χ3v) is 6.16. The van der Waals surface area contributed by atoms with E-state index >= 15 is 0 Å². The molecule has 3 nitrogen and oxygen atoms in total. The van der Waals surface area contributed by atoms with Crippen molar-refractivity contribution < 1.29 is 9.90 Å². The molecule has 0 saturated carbocycles. The second kappa shape index (κ2) is 5.47. The van der Waals surface area contributed by atoms with Crippen molar-refractivity contribution in [3.63, 3.8) is 0 Å². The third kappa shape index (κ3) is 2.09. The number of benzene rings is 1. The highest BCUT2D eigenvalue weighted by Crippen LogP contribution is 2.56. The standard InChI is InChI=1S/C23H25NO2/c1-13(2)19-16(21(25)22(19)26)12-18-23(3,4)20-15-9-7-6-8-14(15)10-11-17(20)24(18)5/h6-12,17,20,25H,1-5H3/b18-12+. The first-order chi connectivity index (χ1) is 12.2. The van der Waals surface area contributed by atoms with E-state index in [0.717, 1.165) is 11.3 Å². The number of carbonyl (C=O) groups excluding carboxylic acids is 1. The molecule has 2 unspecified atom stereocenters. The summed E-state index contributed by atoms with van der Waals surface area (Å²) in [4.78, 5) is 14.3. The van der Waals surface area contributed by atoms with Gasteiger partial charge in [0.05, 0.1) is 6.04 Å². The average Bonchev–Trinajstić information content (AvgIpc) is 2.80. The van der Waals surface area contributed by atoms with Gasteiger partial charge in [0.15, 0.2) is 5.76 Å². The molecule has 0 aromatic heterocycles. The summed E-state index contributed by atoms with van der Waals surface area (Å²) in [5.41, 5.74) is 5.97. The first-order valence-electron chi connectivity index (χ1n) is 9.13. The van der Waals surface area contributed by atoms with Crippen molar-refractivity contribution in [3.05, 3.63) is 75.7 Å². The number of likely N-dealkylation sites (tertiary alicyclic amines) is 1. The monoisotopic (exact) mass is 347 g/mol. The molecule has 0 radical (unpaired) electrons. The van der Waals surface area contributed by atoms with Crippen LogP contribution in [0.5, 0.6) is 0 Å². The lowest BCUT2D eigenvalue weighted by Gasteiger charge is -2.32. The predicted octanol–water partition coefficient (Wildman–Crippen LogP) is 4.75. The number of likely N-dealkylation sites (N-methyl/N-ethyl adjacent to an activating group) is 1. The molecule has 134 valence electrons. The largest absolute Gasteiger partial charge is 0.504 e. The van der Waals surface area contributed by atoms with Gasteiger partial charge in [-0.2, -0.15) is 0 Å². The number of allylic oxidation sites excluding steroid dienone is 5. The Bertz CT molecular complexity index is 939. The molecule has 1 aliphatic heterocycles. The summed E-state index contributed by atoms with van der Waals surface area (Å²) in [6.45, 7) is 8.35. The fraction of sp³-hybridized carbons (Fsp3) is 0.348. The number of ketones is 1. The van der Waals surface area contributed by atoms with E-state index in [-0.39, 0.29) is 23.0 Å².